The van der Waals surface area contributed by atoms with Gasteiger partial charge < -0.3 is 34.6 Å². The summed E-state index contributed by atoms with van der Waals surface area (Å²) in [5.74, 6) is -0.441. The lowest BCUT2D eigenvalue weighted by Crippen LogP contribution is -2.45. The Bertz CT molecular complexity index is 583. The van der Waals surface area contributed by atoms with Crippen LogP contribution in [0.15, 0.2) is 0 Å². The van der Waals surface area contributed by atoms with E-state index in [1.165, 1.54) is 0 Å². The molecule has 0 aliphatic carbocycles. The number of hydrogen-bond acceptors (Lipinski definition) is 9. The van der Waals surface area contributed by atoms with Crippen LogP contribution >= 0.6 is 0 Å². The van der Waals surface area contributed by atoms with Crippen molar-refractivity contribution in [2.45, 2.75) is 65.7 Å². The van der Waals surface area contributed by atoms with Gasteiger partial charge in [0.15, 0.2) is 0 Å². The van der Waals surface area contributed by atoms with E-state index in [1.807, 2.05) is 13.8 Å². The Morgan fingerprint density at radius 1 is 0.889 bits per heavy atom. The molecule has 36 heavy (non-hydrogen) atoms. The van der Waals surface area contributed by atoms with E-state index < -0.39 is 5.41 Å². The Kier molecular flexibility index (Phi) is 18.0. The molecule has 0 aromatic rings. The predicted octanol–water partition coefficient (Wildman–Crippen LogP) is 1.98. The summed E-state index contributed by atoms with van der Waals surface area (Å²) >= 11 is 0. The van der Waals surface area contributed by atoms with Crippen LogP contribution < -0.4 is 5.32 Å². The minimum atomic E-state index is -0.422. The number of likely N-dealkylation sites (N-methyl/N-ethyl adjacent to an activating group) is 1. The minimum absolute atomic E-state index is 0.216. The number of aliphatic hydroxyl groups is 1. The highest BCUT2D eigenvalue weighted by molar-refractivity contribution is 5.70. The lowest BCUT2D eigenvalue weighted by Gasteiger charge is -2.32. The maximum Gasteiger partial charge on any atom is 0.307 e. The second kappa shape index (κ2) is 19.8. The Balaban J connectivity index is 2.09. The first-order valence-corrected chi connectivity index (χ1v) is 14.0. The first-order valence-electron chi connectivity index (χ1n) is 14.0. The summed E-state index contributed by atoms with van der Waals surface area (Å²) in [6, 6.07) is 0. The lowest BCUT2D eigenvalue weighted by atomic mass is 9.96. The zero-order chi connectivity index (χ0) is 26.7. The van der Waals surface area contributed by atoms with Gasteiger partial charge in [0.1, 0.15) is 0 Å². The molecule has 0 amide bonds. The van der Waals surface area contributed by atoms with Crippen LogP contribution in [-0.4, -0.2) is 124 Å². The maximum absolute atomic E-state index is 12.3. The van der Waals surface area contributed by atoms with Crippen molar-refractivity contribution in [3.05, 3.63) is 0 Å². The molecule has 9 nitrogen and oxygen atoms in total. The number of ether oxygens (including phenoxy) is 2. The molecule has 212 valence electrons. The standard InChI is InChI=1S/C27H54N4O5/c1-5-14-30(15-7-6-8-22-32)17-11-26(34)36-24-27(2,3)23-35-25(33)10-13-28-12-9-16-31-20-18-29(4)19-21-31/h28,32H,5-24H2,1-4H3. The van der Waals surface area contributed by atoms with Gasteiger partial charge in [0.25, 0.3) is 0 Å². The second-order valence-corrected chi connectivity index (χ2v) is 10.9. The van der Waals surface area contributed by atoms with Crippen molar-refractivity contribution in [2.75, 3.05) is 92.3 Å². The predicted molar refractivity (Wildman–Crippen MR) is 144 cm³/mol. The number of unbranched alkanes of at least 4 members (excludes halogenated alkanes) is 2. The van der Waals surface area contributed by atoms with Gasteiger partial charge in [-0.25, -0.2) is 0 Å². The van der Waals surface area contributed by atoms with Gasteiger partial charge in [-0.3, -0.25) is 9.59 Å². The smallest absolute Gasteiger partial charge is 0.307 e. The molecule has 9 heteroatoms. The van der Waals surface area contributed by atoms with Gasteiger partial charge in [0, 0.05) is 51.3 Å². The van der Waals surface area contributed by atoms with Crippen LogP contribution in [0.25, 0.3) is 0 Å². The molecule has 1 fully saturated rings. The highest BCUT2D eigenvalue weighted by atomic mass is 16.5. The second-order valence-electron chi connectivity index (χ2n) is 10.9. The molecule has 0 atom stereocenters. The van der Waals surface area contributed by atoms with Gasteiger partial charge in [0.2, 0.25) is 0 Å². The fraction of sp³-hybridized carbons (Fsp3) is 0.926. The average molecular weight is 515 g/mol. The molecule has 0 spiro atoms. The molecule has 1 saturated heterocycles. The van der Waals surface area contributed by atoms with Crippen LogP contribution in [0.4, 0.5) is 0 Å². The lowest BCUT2D eigenvalue weighted by molar-refractivity contribution is -0.152. The number of rotatable bonds is 21. The van der Waals surface area contributed by atoms with Crippen LogP contribution in [0.2, 0.25) is 0 Å². The number of esters is 2. The van der Waals surface area contributed by atoms with E-state index in [0.29, 0.717) is 25.9 Å². The van der Waals surface area contributed by atoms with Gasteiger partial charge in [-0.1, -0.05) is 20.8 Å². The average Bonchev–Trinajstić information content (AvgIpc) is 2.86. The summed E-state index contributed by atoms with van der Waals surface area (Å²) in [7, 11) is 2.17. The molecule has 1 aliphatic heterocycles. The molecule has 0 unspecified atom stereocenters. The number of hydrogen-bond donors (Lipinski definition) is 2. The molecular formula is C27H54N4O5. The molecule has 0 radical (unpaired) electrons. The van der Waals surface area contributed by atoms with Crippen molar-refractivity contribution in [1.29, 1.82) is 0 Å². The molecule has 0 saturated carbocycles. The van der Waals surface area contributed by atoms with Crippen LogP contribution in [0.3, 0.4) is 0 Å². The third-order valence-corrected chi connectivity index (χ3v) is 6.48. The summed E-state index contributed by atoms with van der Waals surface area (Å²) in [6.45, 7) is 16.5. The monoisotopic (exact) mass is 514 g/mol. The summed E-state index contributed by atoms with van der Waals surface area (Å²) < 4.78 is 10.9. The van der Waals surface area contributed by atoms with Gasteiger partial charge in [-0.15, -0.1) is 0 Å². The summed E-state index contributed by atoms with van der Waals surface area (Å²) in [6.07, 6.45) is 5.68. The fourth-order valence-electron chi connectivity index (χ4n) is 4.08. The quantitative estimate of drug-likeness (QED) is 0.176. The molecular weight excluding hydrogens is 460 g/mol. The Hall–Kier alpha value is -1.26. The van der Waals surface area contributed by atoms with Crippen molar-refractivity contribution in [3.8, 4) is 0 Å². The van der Waals surface area contributed by atoms with Gasteiger partial charge in [-0.2, -0.15) is 0 Å². The fourth-order valence-corrected chi connectivity index (χ4v) is 4.08. The minimum Gasteiger partial charge on any atom is -0.465 e. The molecule has 0 aromatic heterocycles. The number of piperazine rings is 1. The highest BCUT2D eigenvalue weighted by Crippen LogP contribution is 2.17. The van der Waals surface area contributed by atoms with E-state index in [2.05, 4.69) is 34.0 Å². The highest BCUT2D eigenvalue weighted by Gasteiger charge is 2.23. The van der Waals surface area contributed by atoms with Crippen molar-refractivity contribution in [1.82, 2.24) is 20.0 Å². The van der Waals surface area contributed by atoms with Gasteiger partial charge >= 0.3 is 11.9 Å². The zero-order valence-corrected chi connectivity index (χ0v) is 23.6. The number of nitrogens with zero attached hydrogens (tertiary/aromatic N) is 3. The molecule has 1 heterocycles. The normalized spacial score (nSPS) is 15.4. The topological polar surface area (TPSA) is 94.6 Å². The molecule has 0 bridgehead atoms. The van der Waals surface area contributed by atoms with Gasteiger partial charge in [-0.05, 0) is 65.3 Å². The summed E-state index contributed by atoms with van der Waals surface area (Å²) in [4.78, 5) is 31.5. The van der Waals surface area contributed by atoms with Crippen LogP contribution in [0, 0.1) is 5.41 Å². The third-order valence-electron chi connectivity index (χ3n) is 6.48. The van der Waals surface area contributed by atoms with Crippen molar-refractivity contribution < 1.29 is 24.2 Å². The molecule has 2 N–H and O–H groups in total. The first kappa shape index (κ1) is 32.8. The number of carbonyl (C=O) groups is 2. The maximum atomic E-state index is 12.3. The zero-order valence-electron chi connectivity index (χ0n) is 23.6. The van der Waals surface area contributed by atoms with E-state index >= 15 is 0 Å². The van der Waals surface area contributed by atoms with E-state index in [0.717, 1.165) is 84.5 Å². The summed E-state index contributed by atoms with van der Waals surface area (Å²) in [5, 5.41) is 12.2. The third kappa shape index (κ3) is 17.2. The first-order chi connectivity index (χ1) is 17.3. The summed E-state index contributed by atoms with van der Waals surface area (Å²) in [5.41, 5.74) is -0.422. The van der Waals surface area contributed by atoms with Crippen LogP contribution in [0.5, 0.6) is 0 Å². The van der Waals surface area contributed by atoms with E-state index in [9.17, 15) is 9.59 Å². The van der Waals surface area contributed by atoms with Crippen LogP contribution in [-0.2, 0) is 19.1 Å². The van der Waals surface area contributed by atoms with E-state index in [-0.39, 0.29) is 31.8 Å². The van der Waals surface area contributed by atoms with E-state index in [1.54, 1.807) is 0 Å². The molecule has 1 rings (SSSR count). The largest absolute Gasteiger partial charge is 0.465 e. The SMILES string of the molecule is CCCN(CCCCCO)CCC(=O)OCC(C)(C)COC(=O)CCNCCCN1CCN(C)CC1. The Morgan fingerprint density at radius 3 is 2.19 bits per heavy atom. The van der Waals surface area contributed by atoms with Crippen molar-refractivity contribution in [3.63, 3.8) is 0 Å². The van der Waals surface area contributed by atoms with Crippen LogP contribution in [0.1, 0.15) is 65.7 Å². The Labute approximate surface area is 219 Å². The Morgan fingerprint density at radius 2 is 1.56 bits per heavy atom. The number of aliphatic hydroxyl groups excluding tert-OH is 1. The van der Waals surface area contributed by atoms with Gasteiger partial charge in [0.05, 0.1) is 26.1 Å². The molecule has 0 aromatic carbocycles. The number of carbonyl (C=O) groups excluding carboxylic acids is 2. The molecule has 1 aliphatic rings. The number of nitrogens with one attached hydrogen (secondary N) is 1. The van der Waals surface area contributed by atoms with Crippen molar-refractivity contribution >= 4 is 11.9 Å². The van der Waals surface area contributed by atoms with Crippen molar-refractivity contribution in [2.24, 2.45) is 5.41 Å². The van der Waals surface area contributed by atoms with E-state index in [4.69, 9.17) is 14.6 Å².